The maximum absolute atomic E-state index is 11.3. The van der Waals surface area contributed by atoms with Gasteiger partial charge in [-0.25, -0.2) is 8.42 Å². The van der Waals surface area contributed by atoms with Gasteiger partial charge in [0.2, 0.25) is 0 Å². The van der Waals surface area contributed by atoms with Crippen LogP contribution in [0.4, 0.5) is 0 Å². The second-order valence-electron chi connectivity index (χ2n) is 3.82. The molecule has 0 aromatic heterocycles. The number of benzene rings is 1. The summed E-state index contributed by atoms with van der Waals surface area (Å²) in [5, 5.41) is 12.6. The summed E-state index contributed by atoms with van der Waals surface area (Å²) in [6.07, 6.45) is 0. The van der Waals surface area contributed by atoms with Gasteiger partial charge in [0.25, 0.3) is 0 Å². The van der Waals surface area contributed by atoms with Gasteiger partial charge in [-0.15, -0.1) is 0 Å². The van der Waals surface area contributed by atoms with Gasteiger partial charge in [0.15, 0.2) is 9.84 Å². The van der Waals surface area contributed by atoms with Gasteiger partial charge in [-0.1, -0.05) is 6.92 Å². The van der Waals surface area contributed by atoms with Gasteiger partial charge in [-0.05, 0) is 49.6 Å². The lowest BCUT2D eigenvalue weighted by atomic mass is 10.2. The van der Waals surface area contributed by atoms with Crippen LogP contribution in [0.15, 0.2) is 21.1 Å². The van der Waals surface area contributed by atoms with Gasteiger partial charge in [0.1, 0.15) is 5.75 Å². The summed E-state index contributed by atoms with van der Waals surface area (Å²) in [5.74, 6) is 0.474. The highest BCUT2D eigenvalue weighted by molar-refractivity contribution is 9.11. The predicted molar refractivity (Wildman–Crippen MR) is 79.5 cm³/mol. The van der Waals surface area contributed by atoms with Crippen LogP contribution in [0.25, 0.3) is 0 Å². The molecule has 0 heterocycles. The Morgan fingerprint density at radius 3 is 2.33 bits per heavy atom. The van der Waals surface area contributed by atoms with Crippen LogP contribution in [-0.4, -0.2) is 31.6 Å². The maximum Gasteiger partial charge on any atom is 0.151 e. The first-order valence-corrected chi connectivity index (χ1v) is 8.84. The fourth-order valence-electron chi connectivity index (χ4n) is 1.32. The molecule has 2 N–H and O–H groups in total. The molecule has 0 bridgehead atoms. The van der Waals surface area contributed by atoms with Gasteiger partial charge in [0.05, 0.1) is 14.7 Å². The molecule has 0 aliphatic rings. The average Bonchev–Trinajstić information content (AvgIpc) is 2.31. The van der Waals surface area contributed by atoms with Gasteiger partial charge >= 0.3 is 0 Å². The van der Waals surface area contributed by atoms with E-state index in [0.717, 1.165) is 5.56 Å². The van der Waals surface area contributed by atoms with Gasteiger partial charge in [-0.3, -0.25) is 0 Å². The van der Waals surface area contributed by atoms with E-state index in [0.29, 0.717) is 22.0 Å². The highest BCUT2D eigenvalue weighted by atomic mass is 79.9. The molecule has 0 amide bonds. The summed E-state index contributed by atoms with van der Waals surface area (Å²) in [7, 11) is -2.92. The Balaban J connectivity index is 2.50. The SMILES string of the molecule is CCS(=O)(=O)CCNCc1cc(Br)c(O)c(Br)c1. The monoisotopic (exact) mass is 399 g/mol. The molecule has 102 valence electrons. The molecule has 0 aliphatic carbocycles. The van der Waals surface area contributed by atoms with Crippen LogP contribution in [0.1, 0.15) is 12.5 Å². The minimum absolute atomic E-state index is 0.143. The molecule has 0 aliphatic heterocycles. The third-order valence-electron chi connectivity index (χ3n) is 2.44. The maximum atomic E-state index is 11.3. The fourth-order valence-corrected chi connectivity index (χ4v) is 3.35. The first kappa shape index (κ1) is 15.9. The zero-order valence-electron chi connectivity index (χ0n) is 9.91. The fraction of sp³-hybridized carbons (Fsp3) is 0.455. The molecule has 0 atom stereocenters. The van der Waals surface area contributed by atoms with E-state index in [2.05, 4.69) is 37.2 Å². The Kier molecular flexibility index (Phi) is 6.10. The second kappa shape index (κ2) is 6.88. The smallest absolute Gasteiger partial charge is 0.151 e. The minimum Gasteiger partial charge on any atom is -0.506 e. The van der Waals surface area contributed by atoms with E-state index in [1.807, 2.05) is 0 Å². The molecule has 0 fully saturated rings. The van der Waals surface area contributed by atoms with Crippen molar-refractivity contribution in [2.75, 3.05) is 18.1 Å². The number of hydrogen-bond donors (Lipinski definition) is 2. The van der Waals surface area contributed by atoms with E-state index >= 15 is 0 Å². The number of nitrogens with one attached hydrogen (secondary N) is 1. The van der Waals surface area contributed by atoms with E-state index in [-0.39, 0.29) is 17.3 Å². The standard InChI is InChI=1S/C11H15Br2NO3S/c1-2-18(16,17)4-3-14-7-8-5-9(12)11(15)10(13)6-8/h5-6,14-15H,2-4,7H2,1H3. The van der Waals surface area contributed by atoms with Gasteiger partial charge in [-0.2, -0.15) is 0 Å². The molecular formula is C11H15Br2NO3S. The third-order valence-corrected chi connectivity index (χ3v) is 5.35. The Labute approximate surface area is 124 Å². The molecule has 1 aromatic carbocycles. The summed E-state index contributed by atoms with van der Waals surface area (Å²) in [6.45, 7) is 2.62. The largest absolute Gasteiger partial charge is 0.506 e. The number of aromatic hydroxyl groups is 1. The molecule has 0 radical (unpaired) electrons. The Morgan fingerprint density at radius 2 is 1.83 bits per heavy atom. The summed E-state index contributed by atoms with van der Waals surface area (Å²) in [5.41, 5.74) is 0.959. The minimum atomic E-state index is -2.92. The summed E-state index contributed by atoms with van der Waals surface area (Å²) >= 11 is 6.49. The lowest BCUT2D eigenvalue weighted by molar-refractivity contribution is 0.468. The number of phenols is 1. The molecule has 0 unspecified atom stereocenters. The highest BCUT2D eigenvalue weighted by Crippen LogP contribution is 2.33. The van der Waals surface area contributed by atoms with Crippen LogP contribution in [0.3, 0.4) is 0 Å². The Hall–Kier alpha value is -0.110. The number of halogens is 2. The zero-order chi connectivity index (χ0) is 13.8. The van der Waals surface area contributed by atoms with Crippen LogP contribution in [0, 0.1) is 0 Å². The van der Waals surface area contributed by atoms with E-state index in [1.165, 1.54) is 0 Å². The van der Waals surface area contributed by atoms with Crippen molar-refractivity contribution in [2.24, 2.45) is 0 Å². The number of hydrogen-bond acceptors (Lipinski definition) is 4. The predicted octanol–water partition coefficient (Wildman–Crippen LogP) is 2.44. The van der Waals surface area contributed by atoms with Crippen LogP contribution in [0.2, 0.25) is 0 Å². The van der Waals surface area contributed by atoms with E-state index in [1.54, 1.807) is 19.1 Å². The topological polar surface area (TPSA) is 66.4 Å². The first-order valence-electron chi connectivity index (χ1n) is 5.43. The normalized spacial score (nSPS) is 11.7. The van der Waals surface area contributed by atoms with Crippen molar-refractivity contribution in [3.05, 3.63) is 26.6 Å². The summed E-state index contributed by atoms with van der Waals surface area (Å²) in [6, 6.07) is 3.59. The van der Waals surface area contributed by atoms with Crippen molar-refractivity contribution in [2.45, 2.75) is 13.5 Å². The lowest BCUT2D eigenvalue weighted by Crippen LogP contribution is -2.23. The number of sulfone groups is 1. The van der Waals surface area contributed by atoms with Crippen LogP contribution >= 0.6 is 31.9 Å². The van der Waals surface area contributed by atoms with Crippen LogP contribution < -0.4 is 5.32 Å². The van der Waals surface area contributed by atoms with Crippen molar-refractivity contribution >= 4 is 41.7 Å². The van der Waals surface area contributed by atoms with E-state index in [9.17, 15) is 13.5 Å². The van der Waals surface area contributed by atoms with Crippen molar-refractivity contribution in [3.8, 4) is 5.75 Å². The number of rotatable bonds is 6. The van der Waals surface area contributed by atoms with E-state index in [4.69, 9.17) is 0 Å². The third kappa shape index (κ3) is 4.87. The van der Waals surface area contributed by atoms with E-state index < -0.39 is 9.84 Å². The van der Waals surface area contributed by atoms with Crippen molar-refractivity contribution in [1.82, 2.24) is 5.32 Å². The zero-order valence-corrected chi connectivity index (χ0v) is 13.9. The molecule has 7 heteroatoms. The van der Waals surface area contributed by atoms with Crippen molar-refractivity contribution < 1.29 is 13.5 Å². The van der Waals surface area contributed by atoms with Crippen LogP contribution in [-0.2, 0) is 16.4 Å². The van der Waals surface area contributed by atoms with Crippen LogP contribution in [0.5, 0.6) is 5.75 Å². The number of phenolic OH excluding ortho intramolecular Hbond substituents is 1. The lowest BCUT2D eigenvalue weighted by Gasteiger charge is -2.08. The Morgan fingerprint density at radius 1 is 1.28 bits per heavy atom. The Bertz CT molecular complexity index is 494. The molecule has 18 heavy (non-hydrogen) atoms. The van der Waals surface area contributed by atoms with Crippen molar-refractivity contribution in [1.29, 1.82) is 0 Å². The summed E-state index contributed by atoms with van der Waals surface area (Å²) in [4.78, 5) is 0. The summed E-state index contributed by atoms with van der Waals surface area (Å²) < 4.78 is 23.8. The molecule has 0 spiro atoms. The molecule has 0 saturated carbocycles. The quantitative estimate of drug-likeness (QED) is 0.719. The molecule has 1 rings (SSSR count). The van der Waals surface area contributed by atoms with Gasteiger partial charge in [0, 0.05) is 18.8 Å². The molecule has 4 nitrogen and oxygen atoms in total. The van der Waals surface area contributed by atoms with Crippen molar-refractivity contribution in [3.63, 3.8) is 0 Å². The highest BCUT2D eigenvalue weighted by Gasteiger charge is 2.08. The van der Waals surface area contributed by atoms with Gasteiger partial charge < -0.3 is 10.4 Å². The average molecular weight is 401 g/mol. The first-order chi connectivity index (χ1) is 8.35. The molecule has 0 saturated heterocycles. The molecular weight excluding hydrogens is 386 g/mol. The second-order valence-corrected chi connectivity index (χ2v) is 8.00. The molecule has 1 aromatic rings.